The summed E-state index contributed by atoms with van der Waals surface area (Å²) in [6.45, 7) is 7.49. The Morgan fingerprint density at radius 3 is 1.08 bits per heavy atom. The zero-order valence-corrected chi connectivity index (χ0v) is 7.89. The second-order valence-corrected chi connectivity index (χ2v) is 3.20. The maximum Gasteiger partial charge on any atom is 0.160 e. The van der Waals surface area contributed by atoms with Crippen LogP contribution in [0.15, 0.2) is 0 Å². The normalized spacial score (nSPS) is 10.3. The van der Waals surface area contributed by atoms with E-state index in [0.717, 1.165) is 22.3 Å². The van der Waals surface area contributed by atoms with Gasteiger partial charge in [0.1, 0.15) is 0 Å². The second-order valence-electron chi connectivity index (χ2n) is 3.20. The van der Waals surface area contributed by atoms with Gasteiger partial charge in [0.2, 0.25) is 0 Å². The lowest BCUT2D eigenvalue weighted by Crippen LogP contribution is -1.92. The number of aromatic hydroxyl groups is 2. The van der Waals surface area contributed by atoms with Gasteiger partial charge >= 0.3 is 0 Å². The van der Waals surface area contributed by atoms with Gasteiger partial charge in [0, 0.05) is 0 Å². The van der Waals surface area contributed by atoms with E-state index in [1.165, 1.54) is 0 Å². The zero-order valence-electron chi connectivity index (χ0n) is 7.89. The Morgan fingerprint density at radius 2 is 0.833 bits per heavy atom. The zero-order chi connectivity index (χ0) is 9.46. The molecule has 2 N–H and O–H groups in total. The molecule has 2 nitrogen and oxygen atoms in total. The van der Waals surface area contributed by atoms with Crippen molar-refractivity contribution in [3.8, 4) is 11.5 Å². The van der Waals surface area contributed by atoms with E-state index in [1.807, 2.05) is 13.8 Å². The van der Waals surface area contributed by atoms with Crippen molar-refractivity contribution in [3.05, 3.63) is 22.3 Å². The minimum Gasteiger partial charge on any atom is -0.504 e. The van der Waals surface area contributed by atoms with Gasteiger partial charge < -0.3 is 10.2 Å². The summed E-state index contributed by atoms with van der Waals surface area (Å²) in [5, 5.41) is 18.9. The van der Waals surface area contributed by atoms with E-state index >= 15 is 0 Å². The molecule has 0 aliphatic carbocycles. The van der Waals surface area contributed by atoms with Crippen LogP contribution in [0.1, 0.15) is 22.3 Å². The highest BCUT2D eigenvalue weighted by atomic mass is 16.3. The molecule has 2 heteroatoms. The molecule has 0 unspecified atom stereocenters. The fraction of sp³-hybridized carbons (Fsp3) is 0.400. The predicted octanol–water partition coefficient (Wildman–Crippen LogP) is 2.33. The number of rotatable bonds is 0. The SMILES string of the molecule is Cc1c(C)c(C)c(O)c(O)c1C. The summed E-state index contributed by atoms with van der Waals surface area (Å²) in [5.41, 5.74) is 3.61. The van der Waals surface area contributed by atoms with Crippen molar-refractivity contribution in [2.45, 2.75) is 27.7 Å². The summed E-state index contributed by atoms with van der Waals surface area (Å²) in [6, 6.07) is 0. The standard InChI is InChI=1S/C10H14O2/c1-5-6(2)8(4)10(12)9(11)7(5)3/h11-12H,1-4H3. The van der Waals surface area contributed by atoms with Gasteiger partial charge in [-0.25, -0.2) is 0 Å². The molecule has 0 heterocycles. The Hall–Kier alpha value is -1.18. The minimum absolute atomic E-state index is 0.00981. The molecular formula is C10H14O2. The maximum atomic E-state index is 9.44. The van der Waals surface area contributed by atoms with E-state index in [0.29, 0.717) is 0 Å². The van der Waals surface area contributed by atoms with E-state index in [1.54, 1.807) is 13.8 Å². The first-order valence-corrected chi connectivity index (χ1v) is 3.95. The van der Waals surface area contributed by atoms with E-state index in [4.69, 9.17) is 0 Å². The van der Waals surface area contributed by atoms with Gasteiger partial charge in [0.25, 0.3) is 0 Å². The molecule has 0 spiro atoms. The number of phenols is 2. The lowest BCUT2D eigenvalue weighted by Gasteiger charge is -2.12. The fourth-order valence-corrected chi connectivity index (χ4v) is 1.27. The average Bonchev–Trinajstić information content (AvgIpc) is 2.08. The average molecular weight is 166 g/mol. The molecule has 0 aliphatic rings. The topological polar surface area (TPSA) is 40.5 Å². The van der Waals surface area contributed by atoms with Crippen molar-refractivity contribution in [1.82, 2.24) is 0 Å². The van der Waals surface area contributed by atoms with Crippen LogP contribution in [0.2, 0.25) is 0 Å². The third kappa shape index (κ3) is 1.04. The monoisotopic (exact) mass is 166 g/mol. The van der Waals surface area contributed by atoms with Crippen molar-refractivity contribution in [1.29, 1.82) is 0 Å². The Morgan fingerprint density at radius 1 is 0.583 bits per heavy atom. The lowest BCUT2D eigenvalue weighted by atomic mass is 9.98. The quantitative estimate of drug-likeness (QED) is 0.581. The van der Waals surface area contributed by atoms with Gasteiger partial charge in [-0.1, -0.05) is 0 Å². The maximum absolute atomic E-state index is 9.44. The summed E-state index contributed by atoms with van der Waals surface area (Å²) < 4.78 is 0. The molecule has 0 radical (unpaired) electrons. The van der Waals surface area contributed by atoms with Crippen molar-refractivity contribution < 1.29 is 10.2 Å². The minimum atomic E-state index is 0.00981. The first-order chi connectivity index (χ1) is 5.46. The van der Waals surface area contributed by atoms with Crippen molar-refractivity contribution in [3.63, 3.8) is 0 Å². The number of hydrogen-bond acceptors (Lipinski definition) is 2. The summed E-state index contributed by atoms with van der Waals surface area (Å²) in [6.07, 6.45) is 0. The highest BCUT2D eigenvalue weighted by Gasteiger charge is 2.12. The van der Waals surface area contributed by atoms with E-state index in [-0.39, 0.29) is 11.5 Å². The summed E-state index contributed by atoms with van der Waals surface area (Å²) in [5.74, 6) is 0.0196. The highest BCUT2D eigenvalue weighted by molar-refractivity contribution is 5.56. The van der Waals surface area contributed by atoms with Crippen LogP contribution in [0, 0.1) is 27.7 Å². The van der Waals surface area contributed by atoms with Crippen LogP contribution in [0.4, 0.5) is 0 Å². The Labute approximate surface area is 72.5 Å². The molecule has 66 valence electrons. The first-order valence-electron chi connectivity index (χ1n) is 3.95. The van der Waals surface area contributed by atoms with E-state index in [2.05, 4.69) is 0 Å². The van der Waals surface area contributed by atoms with Crippen LogP contribution >= 0.6 is 0 Å². The molecule has 0 aromatic heterocycles. The van der Waals surface area contributed by atoms with Crippen molar-refractivity contribution in [2.75, 3.05) is 0 Å². The molecule has 1 aromatic rings. The van der Waals surface area contributed by atoms with Crippen LogP contribution in [0.25, 0.3) is 0 Å². The summed E-state index contributed by atoms with van der Waals surface area (Å²) in [4.78, 5) is 0. The Bertz CT molecular complexity index is 222. The van der Waals surface area contributed by atoms with Gasteiger partial charge in [-0.15, -0.1) is 0 Å². The first kappa shape index (κ1) is 8.91. The van der Waals surface area contributed by atoms with Gasteiger partial charge in [0.15, 0.2) is 11.5 Å². The predicted molar refractivity (Wildman–Crippen MR) is 48.7 cm³/mol. The fourth-order valence-electron chi connectivity index (χ4n) is 1.27. The Kier molecular flexibility index (Phi) is 2.01. The van der Waals surface area contributed by atoms with Gasteiger partial charge in [-0.2, -0.15) is 0 Å². The van der Waals surface area contributed by atoms with Crippen LogP contribution in [-0.4, -0.2) is 10.2 Å². The van der Waals surface area contributed by atoms with Gasteiger partial charge in [-0.05, 0) is 49.9 Å². The number of benzene rings is 1. The smallest absolute Gasteiger partial charge is 0.160 e. The molecule has 1 rings (SSSR count). The molecule has 12 heavy (non-hydrogen) atoms. The van der Waals surface area contributed by atoms with E-state index < -0.39 is 0 Å². The molecular weight excluding hydrogens is 152 g/mol. The Balaban J connectivity index is 3.60. The van der Waals surface area contributed by atoms with Crippen LogP contribution < -0.4 is 0 Å². The highest BCUT2D eigenvalue weighted by Crippen LogP contribution is 2.36. The van der Waals surface area contributed by atoms with Gasteiger partial charge in [0.05, 0.1) is 0 Å². The third-order valence-electron chi connectivity index (χ3n) is 2.62. The third-order valence-corrected chi connectivity index (χ3v) is 2.62. The van der Waals surface area contributed by atoms with Crippen LogP contribution in [0.3, 0.4) is 0 Å². The molecule has 0 amide bonds. The molecule has 0 saturated heterocycles. The van der Waals surface area contributed by atoms with Gasteiger partial charge in [-0.3, -0.25) is 0 Å². The molecule has 1 aromatic carbocycles. The van der Waals surface area contributed by atoms with E-state index in [9.17, 15) is 10.2 Å². The lowest BCUT2D eigenvalue weighted by molar-refractivity contribution is 0.397. The molecule has 0 bridgehead atoms. The van der Waals surface area contributed by atoms with Crippen molar-refractivity contribution in [2.24, 2.45) is 0 Å². The largest absolute Gasteiger partial charge is 0.504 e. The molecule has 0 aliphatic heterocycles. The second kappa shape index (κ2) is 2.70. The number of hydrogen-bond donors (Lipinski definition) is 2. The number of phenolic OH excluding ortho intramolecular Hbond substituents is 2. The molecule has 0 fully saturated rings. The van der Waals surface area contributed by atoms with Crippen LogP contribution in [0.5, 0.6) is 11.5 Å². The molecule has 0 atom stereocenters. The van der Waals surface area contributed by atoms with Crippen LogP contribution in [-0.2, 0) is 0 Å². The summed E-state index contributed by atoms with van der Waals surface area (Å²) >= 11 is 0. The van der Waals surface area contributed by atoms with Crippen molar-refractivity contribution >= 4 is 0 Å². The molecule has 0 saturated carbocycles. The summed E-state index contributed by atoms with van der Waals surface area (Å²) in [7, 11) is 0.